The summed E-state index contributed by atoms with van der Waals surface area (Å²) < 4.78 is 10.1. The van der Waals surface area contributed by atoms with Gasteiger partial charge in [0.2, 0.25) is 0 Å². The molecule has 7 heteroatoms. The molecular formula is C13H19O6S. The molecule has 1 N–H and O–H groups in total. The van der Waals surface area contributed by atoms with Crippen LogP contribution in [-0.2, 0) is 24.0 Å². The number of carbonyl (C=O) groups is 2. The van der Waals surface area contributed by atoms with E-state index in [-0.39, 0.29) is 11.9 Å². The maximum Gasteiger partial charge on any atom is 0.314 e. The maximum atomic E-state index is 12.0. The molecule has 0 heterocycles. The summed E-state index contributed by atoms with van der Waals surface area (Å²) in [5.41, 5.74) is -1.05. The van der Waals surface area contributed by atoms with E-state index in [1.54, 1.807) is 19.4 Å². The molecule has 0 spiro atoms. The zero-order chi connectivity index (χ0) is 15.2. The molecule has 3 unspecified atom stereocenters. The van der Waals surface area contributed by atoms with E-state index in [1.165, 1.54) is 25.8 Å². The molecule has 20 heavy (non-hydrogen) atoms. The van der Waals surface area contributed by atoms with Crippen LogP contribution in [0, 0.1) is 12.3 Å². The molecule has 3 atom stereocenters. The van der Waals surface area contributed by atoms with Crippen LogP contribution >= 0.6 is 11.8 Å². The molecule has 113 valence electrons. The van der Waals surface area contributed by atoms with Crippen LogP contribution in [0.2, 0.25) is 0 Å². The van der Waals surface area contributed by atoms with Crippen molar-refractivity contribution >= 4 is 23.7 Å². The van der Waals surface area contributed by atoms with Gasteiger partial charge in [-0.3, -0.25) is 14.8 Å². The van der Waals surface area contributed by atoms with E-state index in [0.29, 0.717) is 5.75 Å². The summed E-state index contributed by atoms with van der Waals surface area (Å²) in [7, 11) is 1.30. The standard InChI is InChI=1S/C13H19O6S/c1-9(14)19-13(2)6-4-5-10(20-8-7-18-16)11(13)12(15)17-3/h4-6,10-11,16H,7-8H2,1-3H3. The number of ether oxygens (including phenoxy) is 2. The Labute approximate surface area is 122 Å². The van der Waals surface area contributed by atoms with Crippen LogP contribution in [0.25, 0.3) is 0 Å². The maximum absolute atomic E-state index is 12.0. The van der Waals surface area contributed by atoms with E-state index in [1.807, 2.05) is 6.08 Å². The fourth-order valence-electron chi connectivity index (χ4n) is 2.17. The number of esters is 2. The molecule has 0 aromatic rings. The highest BCUT2D eigenvalue weighted by Gasteiger charge is 2.48. The van der Waals surface area contributed by atoms with Crippen LogP contribution in [0.4, 0.5) is 0 Å². The Hall–Kier alpha value is -1.05. The number of hydrogen-bond donors (Lipinski definition) is 1. The Balaban J connectivity index is 2.92. The van der Waals surface area contributed by atoms with E-state index in [2.05, 4.69) is 4.89 Å². The average molecular weight is 303 g/mol. The minimum Gasteiger partial charge on any atom is -0.469 e. The predicted molar refractivity (Wildman–Crippen MR) is 73.9 cm³/mol. The SMILES string of the molecule is COC(=O)C1C(SCCOO)C=C[CH]C1(C)OC(C)=O. The first-order chi connectivity index (χ1) is 9.44. The van der Waals surface area contributed by atoms with Crippen LogP contribution in [0.5, 0.6) is 0 Å². The number of hydrogen-bond acceptors (Lipinski definition) is 7. The monoisotopic (exact) mass is 303 g/mol. The van der Waals surface area contributed by atoms with Gasteiger partial charge < -0.3 is 9.47 Å². The van der Waals surface area contributed by atoms with Crippen molar-refractivity contribution in [2.75, 3.05) is 19.5 Å². The third kappa shape index (κ3) is 4.22. The Morgan fingerprint density at radius 2 is 2.15 bits per heavy atom. The minimum absolute atomic E-state index is 0.150. The average Bonchev–Trinajstić information content (AvgIpc) is 2.37. The van der Waals surface area contributed by atoms with Crippen molar-refractivity contribution in [1.29, 1.82) is 0 Å². The van der Waals surface area contributed by atoms with Gasteiger partial charge in [0.05, 0.1) is 13.7 Å². The second kappa shape index (κ2) is 7.66. The lowest BCUT2D eigenvalue weighted by Crippen LogP contribution is -2.50. The Kier molecular flexibility index (Phi) is 6.51. The van der Waals surface area contributed by atoms with Crippen LogP contribution < -0.4 is 0 Å². The van der Waals surface area contributed by atoms with Gasteiger partial charge in [-0.25, -0.2) is 4.89 Å². The topological polar surface area (TPSA) is 82.1 Å². The van der Waals surface area contributed by atoms with Gasteiger partial charge in [-0.2, -0.15) is 11.8 Å². The molecular weight excluding hydrogens is 284 g/mol. The predicted octanol–water partition coefficient (Wildman–Crippen LogP) is 1.46. The van der Waals surface area contributed by atoms with Gasteiger partial charge in [0.1, 0.15) is 11.5 Å². The third-order valence-corrected chi connectivity index (χ3v) is 4.19. The van der Waals surface area contributed by atoms with Crippen molar-refractivity contribution in [1.82, 2.24) is 0 Å². The first-order valence-corrected chi connectivity index (χ1v) is 7.17. The normalized spacial score (nSPS) is 29.0. The van der Waals surface area contributed by atoms with Crippen molar-refractivity contribution in [3.05, 3.63) is 18.6 Å². The van der Waals surface area contributed by atoms with E-state index in [4.69, 9.17) is 14.7 Å². The summed E-state index contributed by atoms with van der Waals surface area (Å²) in [5, 5.41) is 8.11. The molecule has 0 aliphatic heterocycles. The van der Waals surface area contributed by atoms with Crippen molar-refractivity contribution in [3.63, 3.8) is 0 Å². The summed E-state index contributed by atoms with van der Waals surface area (Å²) in [6.45, 7) is 3.12. The Morgan fingerprint density at radius 3 is 2.70 bits per heavy atom. The van der Waals surface area contributed by atoms with Gasteiger partial charge in [-0.1, -0.05) is 12.2 Å². The lowest BCUT2D eigenvalue weighted by molar-refractivity contribution is -0.236. The molecule has 0 saturated carbocycles. The molecule has 0 aromatic carbocycles. The van der Waals surface area contributed by atoms with E-state index < -0.39 is 23.5 Å². The third-order valence-electron chi connectivity index (χ3n) is 2.98. The zero-order valence-corrected chi connectivity index (χ0v) is 12.5. The van der Waals surface area contributed by atoms with E-state index >= 15 is 0 Å². The van der Waals surface area contributed by atoms with Crippen LogP contribution in [0.3, 0.4) is 0 Å². The minimum atomic E-state index is -1.05. The smallest absolute Gasteiger partial charge is 0.314 e. The van der Waals surface area contributed by atoms with Gasteiger partial charge in [0.25, 0.3) is 0 Å². The molecule has 0 amide bonds. The molecule has 0 fully saturated rings. The number of thioether (sulfide) groups is 1. The molecule has 1 radical (unpaired) electrons. The van der Waals surface area contributed by atoms with E-state index in [0.717, 1.165) is 0 Å². The van der Waals surface area contributed by atoms with E-state index in [9.17, 15) is 9.59 Å². The second-order valence-corrected chi connectivity index (χ2v) is 5.78. The molecule has 1 rings (SSSR count). The summed E-state index contributed by atoms with van der Waals surface area (Å²) >= 11 is 1.42. The van der Waals surface area contributed by atoms with Crippen molar-refractivity contribution in [2.24, 2.45) is 5.92 Å². The van der Waals surface area contributed by atoms with Gasteiger partial charge in [0, 0.05) is 24.3 Å². The van der Waals surface area contributed by atoms with Crippen molar-refractivity contribution in [2.45, 2.75) is 24.7 Å². The molecule has 1 aliphatic rings. The Bertz CT molecular complexity index is 383. The quantitative estimate of drug-likeness (QED) is 0.344. The summed E-state index contributed by atoms with van der Waals surface area (Å²) in [4.78, 5) is 27.3. The summed E-state index contributed by atoms with van der Waals surface area (Å²) in [6.07, 6.45) is 5.28. The summed E-state index contributed by atoms with van der Waals surface area (Å²) in [6, 6.07) is 0. The molecule has 1 aliphatic carbocycles. The van der Waals surface area contributed by atoms with Gasteiger partial charge in [0.15, 0.2) is 0 Å². The molecule has 0 bridgehead atoms. The Morgan fingerprint density at radius 1 is 1.45 bits per heavy atom. The number of methoxy groups -OCH3 is 1. The largest absolute Gasteiger partial charge is 0.469 e. The number of carbonyl (C=O) groups excluding carboxylic acids is 2. The number of rotatable bonds is 6. The highest BCUT2D eigenvalue weighted by Crippen LogP contribution is 2.39. The molecule has 6 nitrogen and oxygen atoms in total. The zero-order valence-electron chi connectivity index (χ0n) is 11.7. The molecule has 0 aromatic heterocycles. The van der Waals surface area contributed by atoms with Gasteiger partial charge >= 0.3 is 11.9 Å². The van der Waals surface area contributed by atoms with Crippen LogP contribution in [0.1, 0.15) is 13.8 Å². The fraction of sp³-hybridized carbons (Fsp3) is 0.615. The molecule has 0 saturated heterocycles. The lowest BCUT2D eigenvalue weighted by Gasteiger charge is -2.40. The summed E-state index contributed by atoms with van der Waals surface area (Å²) in [5.74, 6) is -1.06. The first-order valence-electron chi connectivity index (χ1n) is 6.12. The highest BCUT2D eigenvalue weighted by molar-refractivity contribution is 8.00. The van der Waals surface area contributed by atoms with Gasteiger partial charge in [-0.15, -0.1) is 0 Å². The van der Waals surface area contributed by atoms with Crippen LogP contribution in [0.15, 0.2) is 12.2 Å². The van der Waals surface area contributed by atoms with Gasteiger partial charge in [-0.05, 0) is 6.92 Å². The highest BCUT2D eigenvalue weighted by atomic mass is 32.2. The fourth-order valence-corrected chi connectivity index (χ4v) is 3.39. The van der Waals surface area contributed by atoms with Crippen LogP contribution in [-0.4, -0.2) is 47.5 Å². The van der Waals surface area contributed by atoms with Crippen molar-refractivity contribution in [3.8, 4) is 0 Å². The second-order valence-electron chi connectivity index (χ2n) is 4.50. The van der Waals surface area contributed by atoms with Crippen molar-refractivity contribution < 1.29 is 29.2 Å². The first kappa shape index (κ1) is 17.0. The lowest BCUT2D eigenvalue weighted by atomic mass is 9.79.